The summed E-state index contributed by atoms with van der Waals surface area (Å²) in [5.74, 6) is 0.561. The second kappa shape index (κ2) is 6.27. The van der Waals surface area contributed by atoms with Gasteiger partial charge in [-0.1, -0.05) is 16.8 Å². The first kappa shape index (κ1) is 14.2. The standard InChI is InChI=1S/C12H10BrClN2O2S/c13-8-3-4-19-11(8)6-18-10-2-1-7(5-9(10)14)12(15)16-17/h1-5,17H,6H2,(H2,15,16). The first-order valence-corrected chi connectivity index (χ1v) is 7.29. The Balaban J connectivity index is 2.12. The molecule has 1 aromatic heterocycles. The number of nitrogens with two attached hydrogens (primary N) is 1. The molecule has 19 heavy (non-hydrogen) atoms. The lowest BCUT2D eigenvalue weighted by atomic mass is 10.2. The molecule has 2 aromatic rings. The third kappa shape index (κ3) is 3.40. The number of benzene rings is 1. The van der Waals surface area contributed by atoms with E-state index in [-0.39, 0.29) is 5.84 Å². The van der Waals surface area contributed by atoms with E-state index in [1.54, 1.807) is 29.5 Å². The molecule has 0 saturated carbocycles. The highest BCUT2D eigenvalue weighted by Crippen LogP contribution is 2.29. The van der Waals surface area contributed by atoms with Crippen LogP contribution in [0.2, 0.25) is 5.02 Å². The van der Waals surface area contributed by atoms with Crippen molar-refractivity contribution in [2.45, 2.75) is 6.61 Å². The number of hydrogen-bond acceptors (Lipinski definition) is 4. The first-order chi connectivity index (χ1) is 9.11. The summed E-state index contributed by atoms with van der Waals surface area (Å²) in [6.45, 7) is 0.431. The van der Waals surface area contributed by atoms with Crippen LogP contribution in [0.1, 0.15) is 10.4 Å². The zero-order valence-electron chi connectivity index (χ0n) is 9.64. The van der Waals surface area contributed by atoms with E-state index in [9.17, 15) is 0 Å². The van der Waals surface area contributed by atoms with Crippen LogP contribution in [0.15, 0.2) is 39.3 Å². The van der Waals surface area contributed by atoms with E-state index in [4.69, 9.17) is 27.3 Å². The van der Waals surface area contributed by atoms with Gasteiger partial charge in [0.05, 0.1) is 9.90 Å². The minimum Gasteiger partial charge on any atom is -0.486 e. The van der Waals surface area contributed by atoms with Crippen LogP contribution in [-0.4, -0.2) is 11.0 Å². The fourth-order valence-electron chi connectivity index (χ4n) is 1.41. The van der Waals surface area contributed by atoms with E-state index in [1.807, 2.05) is 11.4 Å². The van der Waals surface area contributed by atoms with Gasteiger partial charge in [0.2, 0.25) is 0 Å². The summed E-state index contributed by atoms with van der Waals surface area (Å²) in [6.07, 6.45) is 0. The molecule has 0 fully saturated rings. The molecule has 100 valence electrons. The Kier molecular flexibility index (Phi) is 4.68. The van der Waals surface area contributed by atoms with Gasteiger partial charge in [0, 0.05) is 10.0 Å². The van der Waals surface area contributed by atoms with Crippen LogP contribution >= 0.6 is 38.9 Å². The van der Waals surface area contributed by atoms with Crippen LogP contribution in [0.4, 0.5) is 0 Å². The molecule has 0 aliphatic rings. The van der Waals surface area contributed by atoms with Crippen LogP contribution in [0.3, 0.4) is 0 Å². The first-order valence-electron chi connectivity index (χ1n) is 5.24. The molecule has 0 aliphatic carbocycles. The zero-order valence-corrected chi connectivity index (χ0v) is 12.8. The quantitative estimate of drug-likeness (QED) is 0.376. The molecule has 0 saturated heterocycles. The third-order valence-corrected chi connectivity index (χ3v) is 4.58. The maximum Gasteiger partial charge on any atom is 0.170 e. The van der Waals surface area contributed by atoms with Crippen LogP contribution in [0.5, 0.6) is 5.75 Å². The SMILES string of the molecule is NC(=NO)c1ccc(OCc2sccc2Br)c(Cl)c1. The normalized spacial score (nSPS) is 11.6. The smallest absolute Gasteiger partial charge is 0.170 e. The number of halogens is 2. The van der Waals surface area contributed by atoms with Gasteiger partial charge in [-0.25, -0.2) is 0 Å². The molecule has 1 aromatic carbocycles. The van der Waals surface area contributed by atoms with Crippen molar-refractivity contribution in [3.63, 3.8) is 0 Å². The van der Waals surface area contributed by atoms with Crippen molar-refractivity contribution in [1.29, 1.82) is 0 Å². The highest BCUT2D eigenvalue weighted by molar-refractivity contribution is 9.10. The predicted molar refractivity (Wildman–Crippen MR) is 80.3 cm³/mol. The lowest BCUT2D eigenvalue weighted by Crippen LogP contribution is -2.12. The zero-order chi connectivity index (χ0) is 13.8. The molecular formula is C12H10BrClN2O2S. The molecule has 2 rings (SSSR count). The topological polar surface area (TPSA) is 67.8 Å². The lowest BCUT2D eigenvalue weighted by Gasteiger charge is -2.08. The van der Waals surface area contributed by atoms with Crippen molar-refractivity contribution in [1.82, 2.24) is 0 Å². The lowest BCUT2D eigenvalue weighted by molar-refractivity contribution is 0.309. The largest absolute Gasteiger partial charge is 0.486 e. The van der Waals surface area contributed by atoms with E-state index in [0.29, 0.717) is 22.9 Å². The Morgan fingerprint density at radius 2 is 2.26 bits per heavy atom. The van der Waals surface area contributed by atoms with E-state index < -0.39 is 0 Å². The van der Waals surface area contributed by atoms with E-state index in [1.165, 1.54) is 0 Å². The molecule has 4 nitrogen and oxygen atoms in total. The molecule has 0 unspecified atom stereocenters. The molecule has 0 amide bonds. The maximum atomic E-state index is 8.59. The molecular weight excluding hydrogens is 352 g/mol. The van der Waals surface area contributed by atoms with Crippen LogP contribution in [0, 0.1) is 0 Å². The summed E-state index contributed by atoms with van der Waals surface area (Å²) in [7, 11) is 0. The van der Waals surface area contributed by atoms with Crippen molar-refractivity contribution in [3.8, 4) is 5.75 Å². The van der Waals surface area contributed by atoms with Gasteiger partial charge in [-0.15, -0.1) is 11.3 Å². The fraction of sp³-hybridized carbons (Fsp3) is 0.0833. The highest BCUT2D eigenvalue weighted by atomic mass is 79.9. The summed E-state index contributed by atoms with van der Waals surface area (Å²) in [4.78, 5) is 1.08. The molecule has 0 atom stereocenters. The van der Waals surface area contributed by atoms with Crippen LogP contribution < -0.4 is 10.5 Å². The Labute approximate surface area is 127 Å². The average molecular weight is 362 g/mol. The number of ether oxygens (including phenoxy) is 1. The van der Waals surface area contributed by atoms with E-state index in [2.05, 4.69) is 21.1 Å². The van der Waals surface area contributed by atoms with Crippen LogP contribution in [-0.2, 0) is 6.61 Å². The Hall–Kier alpha value is -1.24. The van der Waals surface area contributed by atoms with Crippen molar-refractivity contribution in [3.05, 3.63) is 49.6 Å². The molecule has 3 N–H and O–H groups in total. The van der Waals surface area contributed by atoms with Gasteiger partial charge in [-0.05, 0) is 45.6 Å². The molecule has 0 bridgehead atoms. The number of amidine groups is 1. The summed E-state index contributed by atoms with van der Waals surface area (Å²) in [5.41, 5.74) is 6.02. The monoisotopic (exact) mass is 360 g/mol. The van der Waals surface area contributed by atoms with Gasteiger partial charge >= 0.3 is 0 Å². The molecule has 7 heteroatoms. The van der Waals surface area contributed by atoms with Gasteiger partial charge in [0.15, 0.2) is 5.84 Å². The van der Waals surface area contributed by atoms with Gasteiger partial charge in [-0.2, -0.15) is 0 Å². The highest BCUT2D eigenvalue weighted by Gasteiger charge is 2.08. The average Bonchev–Trinajstić information content (AvgIpc) is 2.82. The fourth-order valence-corrected chi connectivity index (χ4v) is 3.02. The second-order valence-electron chi connectivity index (χ2n) is 3.61. The van der Waals surface area contributed by atoms with E-state index in [0.717, 1.165) is 9.35 Å². The Morgan fingerprint density at radius 3 is 2.84 bits per heavy atom. The molecule has 0 aliphatic heterocycles. The number of thiophene rings is 1. The summed E-state index contributed by atoms with van der Waals surface area (Å²) in [5, 5.41) is 13.9. The molecule has 1 heterocycles. The molecule has 0 spiro atoms. The van der Waals surface area contributed by atoms with Gasteiger partial charge in [-0.3, -0.25) is 0 Å². The van der Waals surface area contributed by atoms with Gasteiger partial charge < -0.3 is 15.7 Å². The van der Waals surface area contributed by atoms with Crippen molar-refractivity contribution >= 4 is 44.7 Å². The third-order valence-electron chi connectivity index (χ3n) is 2.39. The second-order valence-corrected chi connectivity index (χ2v) is 5.87. The van der Waals surface area contributed by atoms with E-state index >= 15 is 0 Å². The number of oxime groups is 1. The van der Waals surface area contributed by atoms with Gasteiger partial charge in [0.25, 0.3) is 0 Å². The number of hydrogen-bond donors (Lipinski definition) is 2. The maximum absolute atomic E-state index is 8.59. The summed E-state index contributed by atoms with van der Waals surface area (Å²) in [6, 6.07) is 6.93. The van der Waals surface area contributed by atoms with Crippen molar-refractivity contribution in [2.24, 2.45) is 10.9 Å². The Morgan fingerprint density at radius 1 is 1.47 bits per heavy atom. The molecule has 0 radical (unpaired) electrons. The minimum atomic E-state index is 0.00875. The van der Waals surface area contributed by atoms with Crippen LogP contribution in [0.25, 0.3) is 0 Å². The van der Waals surface area contributed by atoms with Crippen molar-refractivity contribution < 1.29 is 9.94 Å². The number of nitrogens with zero attached hydrogens (tertiary/aromatic N) is 1. The predicted octanol–water partition coefficient (Wildman–Crippen LogP) is 3.84. The minimum absolute atomic E-state index is 0.00875. The van der Waals surface area contributed by atoms with Gasteiger partial charge in [0.1, 0.15) is 12.4 Å². The summed E-state index contributed by atoms with van der Waals surface area (Å²) >= 11 is 11.1. The van der Waals surface area contributed by atoms with Crippen molar-refractivity contribution in [2.75, 3.05) is 0 Å². The Bertz CT molecular complexity index is 616. The summed E-state index contributed by atoms with van der Waals surface area (Å²) < 4.78 is 6.65. The number of rotatable bonds is 4.